The van der Waals surface area contributed by atoms with E-state index in [4.69, 9.17) is 17.3 Å². The van der Waals surface area contributed by atoms with Crippen molar-refractivity contribution in [3.8, 4) is 0 Å². The first-order valence-electron chi connectivity index (χ1n) is 5.59. The first-order chi connectivity index (χ1) is 8.17. The Morgan fingerprint density at radius 2 is 2.24 bits per heavy atom. The van der Waals surface area contributed by atoms with Gasteiger partial charge in [-0.25, -0.2) is 4.98 Å². The first-order valence-corrected chi connectivity index (χ1v) is 5.97. The van der Waals surface area contributed by atoms with Crippen molar-refractivity contribution in [2.24, 2.45) is 5.73 Å². The Bertz CT molecular complexity index is 514. The highest BCUT2D eigenvalue weighted by atomic mass is 35.5. The van der Waals surface area contributed by atoms with Crippen molar-refractivity contribution in [2.45, 2.75) is 33.5 Å². The van der Waals surface area contributed by atoms with Crippen LogP contribution in [0.5, 0.6) is 0 Å². The number of aryl methyl sites for hydroxylation is 2. The molecule has 0 unspecified atom stereocenters. The number of nitrogens with zero attached hydrogens (tertiary/aromatic N) is 4. The summed E-state index contributed by atoms with van der Waals surface area (Å²) in [6, 6.07) is 0. The lowest BCUT2D eigenvalue weighted by molar-refractivity contribution is 0.588. The molecule has 0 fully saturated rings. The van der Waals surface area contributed by atoms with Crippen molar-refractivity contribution in [1.82, 2.24) is 19.3 Å². The van der Waals surface area contributed by atoms with Gasteiger partial charge in [-0.2, -0.15) is 5.10 Å². The topological polar surface area (TPSA) is 61.7 Å². The number of nitrogens with two attached hydrogens (primary N) is 1. The smallest absolute Gasteiger partial charge is 0.122 e. The SMILES string of the molecule is CCn1nc(C)c(Cl)c1Cn1ccnc1CN. The van der Waals surface area contributed by atoms with Crippen LogP contribution in [-0.2, 0) is 19.6 Å². The van der Waals surface area contributed by atoms with Crippen LogP contribution in [0.2, 0.25) is 5.02 Å². The average Bonchev–Trinajstić information content (AvgIpc) is 2.88. The van der Waals surface area contributed by atoms with E-state index in [1.807, 2.05) is 29.3 Å². The van der Waals surface area contributed by atoms with Crippen LogP contribution in [0.3, 0.4) is 0 Å². The minimum atomic E-state index is 0.420. The minimum Gasteiger partial charge on any atom is -0.328 e. The van der Waals surface area contributed by atoms with Crippen LogP contribution >= 0.6 is 11.6 Å². The van der Waals surface area contributed by atoms with Gasteiger partial charge in [-0.3, -0.25) is 4.68 Å². The third kappa shape index (κ3) is 2.21. The molecule has 17 heavy (non-hydrogen) atoms. The largest absolute Gasteiger partial charge is 0.328 e. The maximum Gasteiger partial charge on any atom is 0.122 e. The van der Waals surface area contributed by atoms with E-state index < -0.39 is 0 Å². The van der Waals surface area contributed by atoms with E-state index in [9.17, 15) is 0 Å². The van der Waals surface area contributed by atoms with Crippen molar-refractivity contribution < 1.29 is 0 Å². The van der Waals surface area contributed by atoms with Crippen molar-refractivity contribution in [2.75, 3.05) is 0 Å². The first kappa shape index (κ1) is 12.1. The van der Waals surface area contributed by atoms with Gasteiger partial charge in [0, 0.05) is 18.9 Å². The molecule has 0 bridgehead atoms. The summed E-state index contributed by atoms with van der Waals surface area (Å²) < 4.78 is 3.91. The predicted octanol–water partition coefficient (Wildman–Crippen LogP) is 1.57. The Hall–Kier alpha value is -1.33. The summed E-state index contributed by atoms with van der Waals surface area (Å²) >= 11 is 6.26. The van der Waals surface area contributed by atoms with Crippen LogP contribution < -0.4 is 5.73 Å². The predicted molar refractivity (Wildman–Crippen MR) is 66.9 cm³/mol. The maximum atomic E-state index is 6.26. The molecule has 0 spiro atoms. The summed E-state index contributed by atoms with van der Waals surface area (Å²) in [4.78, 5) is 4.19. The molecule has 6 heteroatoms. The monoisotopic (exact) mass is 253 g/mol. The molecule has 0 saturated carbocycles. The molecule has 2 N–H and O–H groups in total. The second kappa shape index (κ2) is 4.89. The lowest BCUT2D eigenvalue weighted by Gasteiger charge is -2.08. The van der Waals surface area contributed by atoms with Crippen LogP contribution in [-0.4, -0.2) is 19.3 Å². The zero-order valence-corrected chi connectivity index (χ0v) is 10.8. The Morgan fingerprint density at radius 1 is 1.47 bits per heavy atom. The Kier molecular flexibility index (Phi) is 3.49. The molecule has 0 radical (unpaired) electrons. The summed E-state index contributed by atoms with van der Waals surface area (Å²) in [7, 11) is 0. The summed E-state index contributed by atoms with van der Waals surface area (Å²) in [6.45, 7) is 5.83. The number of halogens is 1. The maximum absolute atomic E-state index is 6.26. The number of imidazole rings is 1. The molecule has 0 amide bonds. The van der Waals surface area contributed by atoms with E-state index in [0.29, 0.717) is 13.1 Å². The molecule has 92 valence electrons. The van der Waals surface area contributed by atoms with Gasteiger partial charge in [-0.15, -0.1) is 0 Å². The summed E-state index contributed by atoms with van der Waals surface area (Å²) in [6.07, 6.45) is 3.65. The number of hydrogen-bond acceptors (Lipinski definition) is 3. The molecule has 0 atom stereocenters. The molecule has 2 heterocycles. The summed E-state index contributed by atoms with van der Waals surface area (Å²) in [5.41, 5.74) is 7.48. The summed E-state index contributed by atoms with van der Waals surface area (Å²) in [5.74, 6) is 0.850. The van der Waals surface area contributed by atoms with E-state index in [0.717, 1.165) is 28.8 Å². The van der Waals surface area contributed by atoms with E-state index in [1.165, 1.54) is 0 Å². The molecule has 0 aliphatic rings. The summed E-state index contributed by atoms with van der Waals surface area (Å²) in [5, 5.41) is 5.11. The van der Waals surface area contributed by atoms with Gasteiger partial charge >= 0.3 is 0 Å². The fourth-order valence-corrected chi connectivity index (χ4v) is 2.05. The molecular weight excluding hydrogens is 238 g/mol. The second-order valence-electron chi connectivity index (χ2n) is 3.84. The van der Waals surface area contributed by atoms with Crippen LogP contribution in [0.4, 0.5) is 0 Å². The standard InChI is InChI=1S/C11H16ClN5/c1-3-17-9(11(12)8(2)15-17)7-16-5-4-14-10(16)6-13/h4-5H,3,6-7,13H2,1-2H3. The van der Waals surface area contributed by atoms with E-state index >= 15 is 0 Å². The van der Waals surface area contributed by atoms with Crippen molar-refractivity contribution in [1.29, 1.82) is 0 Å². The molecular formula is C11H16ClN5. The molecule has 2 aromatic rings. The van der Waals surface area contributed by atoms with Gasteiger partial charge in [0.25, 0.3) is 0 Å². The molecule has 2 aromatic heterocycles. The Balaban J connectivity index is 2.35. The fraction of sp³-hybridized carbons (Fsp3) is 0.455. The molecule has 0 aliphatic heterocycles. The van der Waals surface area contributed by atoms with Gasteiger partial charge in [0.05, 0.1) is 29.5 Å². The second-order valence-corrected chi connectivity index (χ2v) is 4.22. The highest BCUT2D eigenvalue weighted by Gasteiger charge is 2.13. The molecule has 0 aliphatic carbocycles. The van der Waals surface area contributed by atoms with Crippen LogP contribution in [0, 0.1) is 6.92 Å². The minimum absolute atomic E-state index is 0.420. The number of rotatable bonds is 4. The number of aromatic nitrogens is 4. The quantitative estimate of drug-likeness (QED) is 0.900. The van der Waals surface area contributed by atoms with E-state index in [-0.39, 0.29) is 0 Å². The van der Waals surface area contributed by atoms with Crippen molar-refractivity contribution in [3.05, 3.63) is 34.6 Å². The van der Waals surface area contributed by atoms with Gasteiger partial charge in [0.2, 0.25) is 0 Å². The van der Waals surface area contributed by atoms with Crippen LogP contribution in [0.1, 0.15) is 24.1 Å². The van der Waals surface area contributed by atoms with Crippen LogP contribution in [0.15, 0.2) is 12.4 Å². The number of hydrogen-bond donors (Lipinski definition) is 1. The average molecular weight is 254 g/mol. The third-order valence-corrected chi connectivity index (χ3v) is 3.25. The fourth-order valence-electron chi connectivity index (χ4n) is 1.86. The lowest BCUT2D eigenvalue weighted by atomic mass is 10.3. The zero-order chi connectivity index (χ0) is 12.4. The Morgan fingerprint density at radius 3 is 2.88 bits per heavy atom. The molecule has 2 rings (SSSR count). The van der Waals surface area contributed by atoms with Gasteiger partial charge in [-0.05, 0) is 13.8 Å². The van der Waals surface area contributed by atoms with E-state index in [2.05, 4.69) is 10.1 Å². The zero-order valence-electron chi connectivity index (χ0n) is 10.0. The highest BCUT2D eigenvalue weighted by molar-refractivity contribution is 6.31. The van der Waals surface area contributed by atoms with E-state index in [1.54, 1.807) is 6.20 Å². The van der Waals surface area contributed by atoms with Gasteiger partial charge in [0.15, 0.2) is 0 Å². The molecule has 5 nitrogen and oxygen atoms in total. The van der Waals surface area contributed by atoms with Gasteiger partial charge in [-0.1, -0.05) is 11.6 Å². The normalized spacial score (nSPS) is 11.1. The molecule has 0 aromatic carbocycles. The highest BCUT2D eigenvalue weighted by Crippen LogP contribution is 2.21. The Labute approximate surface area is 105 Å². The van der Waals surface area contributed by atoms with Crippen molar-refractivity contribution >= 4 is 11.6 Å². The van der Waals surface area contributed by atoms with Gasteiger partial charge < -0.3 is 10.3 Å². The third-order valence-electron chi connectivity index (χ3n) is 2.76. The van der Waals surface area contributed by atoms with Crippen LogP contribution in [0.25, 0.3) is 0 Å². The van der Waals surface area contributed by atoms with Crippen molar-refractivity contribution in [3.63, 3.8) is 0 Å². The molecule has 0 saturated heterocycles. The lowest BCUT2D eigenvalue weighted by Crippen LogP contribution is -2.12. The van der Waals surface area contributed by atoms with Gasteiger partial charge in [0.1, 0.15) is 5.82 Å².